The first kappa shape index (κ1) is 21.3. The number of nitrogens with one attached hydrogen (secondary N) is 1. The number of nitrogens with zero attached hydrogens (tertiary/aromatic N) is 1. The highest BCUT2D eigenvalue weighted by atomic mass is 35.5. The Bertz CT molecular complexity index is 1110. The molecule has 1 aliphatic carbocycles. The van der Waals surface area contributed by atoms with Gasteiger partial charge >= 0.3 is 0 Å². The van der Waals surface area contributed by atoms with Gasteiger partial charge in [0.1, 0.15) is 17.1 Å². The van der Waals surface area contributed by atoms with Crippen LogP contribution >= 0.6 is 11.6 Å². The van der Waals surface area contributed by atoms with Crippen molar-refractivity contribution < 1.29 is 13.9 Å². The number of amides is 1. The van der Waals surface area contributed by atoms with Crippen molar-refractivity contribution in [3.63, 3.8) is 0 Å². The van der Waals surface area contributed by atoms with Crippen LogP contribution in [0.15, 0.2) is 54.7 Å². The minimum Gasteiger partial charge on any atom is -0.455 e. The Morgan fingerprint density at radius 1 is 1.23 bits per heavy atom. The molecule has 1 aliphatic rings. The molecular formula is C25H24ClFN2O2. The zero-order valence-electron chi connectivity index (χ0n) is 17.5. The Morgan fingerprint density at radius 3 is 2.77 bits per heavy atom. The third kappa shape index (κ3) is 5.23. The summed E-state index contributed by atoms with van der Waals surface area (Å²) < 4.78 is 20.7. The summed E-state index contributed by atoms with van der Waals surface area (Å²) in [5.74, 6) is 1.02. The SMILES string of the molecule is Cc1ccc(C(F)CNC(=O)c2cc(Cl)ncc2Oc2cccc(C3CC3)c2)c(C)c1. The molecule has 0 aliphatic heterocycles. The monoisotopic (exact) mass is 438 g/mol. The van der Waals surface area contributed by atoms with Gasteiger partial charge in [0.05, 0.1) is 18.3 Å². The van der Waals surface area contributed by atoms with Crippen molar-refractivity contribution in [2.24, 2.45) is 0 Å². The quantitative estimate of drug-likeness (QED) is 0.430. The molecule has 0 bridgehead atoms. The maximum absolute atomic E-state index is 14.8. The van der Waals surface area contributed by atoms with E-state index < -0.39 is 12.1 Å². The van der Waals surface area contributed by atoms with Gasteiger partial charge in [-0.1, -0.05) is 47.5 Å². The Morgan fingerprint density at radius 2 is 2.03 bits per heavy atom. The standard InChI is InChI=1S/C25H24ClFN2O2/c1-15-6-9-20(16(2)10-15)22(27)13-29-25(30)21-12-24(26)28-14-23(21)31-19-5-3-4-18(11-19)17-7-8-17/h3-6,9-12,14,17,22H,7-8,13H2,1-2H3,(H,29,30). The number of carbonyl (C=O) groups is 1. The lowest BCUT2D eigenvalue weighted by Crippen LogP contribution is -2.27. The molecule has 1 aromatic heterocycles. The number of halogens is 2. The lowest BCUT2D eigenvalue weighted by atomic mass is 10.0. The van der Waals surface area contributed by atoms with Gasteiger partial charge in [0.2, 0.25) is 0 Å². The first-order valence-corrected chi connectivity index (χ1v) is 10.7. The first-order valence-electron chi connectivity index (χ1n) is 10.3. The second-order valence-electron chi connectivity index (χ2n) is 7.99. The van der Waals surface area contributed by atoms with E-state index in [9.17, 15) is 9.18 Å². The van der Waals surface area contributed by atoms with Crippen LogP contribution in [-0.2, 0) is 0 Å². The van der Waals surface area contributed by atoms with Crippen molar-refractivity contribution in [3.05, 3.63) is 87.7 Å². The maximum atomic E-state index is 14.8. The summed E-state index contributed by atoms with van der Waals surface area (Å²) in [5.41, 5.74) is 3.92. The molecule has 1 fully saturated rings. The number of ether oxygens (including phenoxy) is 1. The van der Waals surface area contributed by atoms with Gasteiger partial charge in [-0.2, -0.15) is 0 Å². The predicted molar refractivity (Wildman–Crippen MR) is 120 cm³/mol. The Balaban J connectivity index is 1.48. The molecule has 31 heavy (non-hydrogen) atoms. The van der Waals surface area contributed by atoms with Gasteiger partial charge in [0.15, 0.2) is 5.75 Å². The van der Waals surface area contributed by atoms with Crippen LogP contribution in [0.1, 0.15) is 57.5 Å². The van der Waals surface area contributed by atoms with Gasteiger partial charge in [0, 0.05) is 0 Å². The van der Waals surface area contributed by atoms with Gasteiger partial charge in [0.25, 0.3) is 5.91 Å². The number of aryl methyl sites for hydroxylation is 2. The van der Waals surface area contributed by atoms with E-state index in [1.54, 1.807) is 6.07 Å². The van der Waals surface area contributed by atoms with Gasteiger partial charge in [-0.25, -0.2) is 9.37 Å². The number of alkyl halides is 1. The van der Waals surface area contributed by atoms with E-state index in [4.69, 9.17) is 16.3 Å². The predicted octanol–water partition coefficient (Wildman–Crippen LogP) is 6.46. The zero-order chi connectivity index (χ0) is 22.0. The Labute approximate surface area is 186 Å². The fraction of sp³-hybridized carbons (Fsp3) is 0.280. The molecule has 160 valence electrons. The lowest BCUT2D eigenvalue weighted by Gasteiger charge is -2.15. The third-order valence-corrected chi connectivity index (χ3v) is 5.62. The molecule has 1 unspecified atom stereocenters. The van der Waals surface area contributed by atoms with Crippen LogP contribution in [0.3, 0.4) is 0 Å². The second-order valence-corrected chi connectivity index (χ2v) is 8.38. The van der Waals surface area contributed by atoms with E-state index in [-0.39, 0.29) is 23.0 Å². The highest BCUT2D eigenvalue weighted by Crippen LogP contribution is 2.41. The molecule has 6 heteroatoms. The van der Waals surface area contributed by atoms with Crippen molar-refractivity contribution in [1.82, 2.24) is 10.3 Å². The molecule has 3 aromatic rings. The molecule has 2 aromatic carbocycles. The molecule has 0 radical (unpaired) electrons. The molecule has 1 saturated carbocycles. The van der Waals surface area contributed by atoms with Crippen LogP contribution in [0.2, 0.25) is 5.15 Å². The molecule has 0 spiro atoms. The van der Waals surface area contributed by atoms with E-state index in [0.29, 0.717) is 17.2 Å². The van der Waals surface area contributed by atoms with E-state index >= 15 is 0 Å². The van der Waals surface area contributed by atoms with Gasteiger partial charge < -0.3 is 10.1 Å². The topological polar surface area (TPSA) is 51.2 Å². The largest absolute Gasteiger partial charge is 0.455 e. The van der Waals surface area contributed by atoms with Crippen molar-refractivity contribution in [2.45, 2.75) is 38.8 Å². The fourth-order valence-electron chi connectivity index (χ4n) is 3.62. The van der Waals surface area contributed by atoms with Crippen LogP contribution in [0, 0.1) is 13.8 Å². The number of pyridine rings is 1. The molecule has 1 atom stereocenters. The van der Waals surface area contributed by atoms with Crippen LogP contribution in [0.4, 0.5) is 4.39 Å². The number of benzene rings is 2. The molecule has 0 saturated heterocycles. The van der Waals surface area contributed by atoms with Crippen LogP contribution in [-0.4, -0.2) is 17.4 Å². The second kappa shape index (κ2) is 9.06. The lowest BCUT2D eigenvalue weighted by molar-refractivity contribution is 0.0939. The molecule has 1 heterocycles. The summed E-state index contributed by atoms with van der Waals surface area (Å²) in [6.07, 6.45) is 2.47. The zero-order valence-corrected chi connectivity index (χ0v) is 18.2. The number of aromatic nitrogens is 1. The van der Waals surface area contributed by atoms with Crippen LogP contribution in [0.25, 0.3) is 0 Å². The summed E-state index contributed by atoms with van der Waals surface area (Å²) in [4.78, 5) is 16.9. The van der Waals surface area contributed by atoms with Crippen molar-refractivity contribution in [3.8, 4) is 11.5 Å². The molecular weight excluding hydrogens is 415 g/mol. The smallest absolute Gasteiger partial charge is 0.255 e. The normalized spacial score (nSPS) is 14.2. The van der Waals surface area contributed by atoms with Crippen LogP contribution in [0.5, 0.6) is 11.5 Å². The van der Waals surface area contributed by atoms with Crippen LogP contribution < -0.4 is 10.1 Å². The average Bonchev–Trinajstić information content (AvgIpc) is 3.59. The molecule has 1 N–H and O–H groups in total. The average molecular weight is 439 g/mol. The summed E-state index contributed by atoms with van der Waals surface area (Å²) >= 11 is 6.01. The third-order valence-electron chi connectivity index (χ3n) is 5.42. The van der Waals surface area contributed by atoms with Crippen molar-refractivity contribution in [1.29, 1.82) is 0 Å². The van der Waals surface area contributed by atoms with Crippen molar-refractivity contribution in [2.75, 3.05) is 6.54 Å². The van der Waals surface area contributed by atoms with E-state index in [2.05, 4.69) is 16.4 Å². The fourth-order valence-corrected chi connectivity index (χ4v) is 3.77. The number of hydrogen-bond acceptors (Lipinski definition) is 3. The minimum atomic E-state index is -1.32. The summed E-state index contributed by atoms with van der Waals surface area (Å²) in [6.45, 7) is 3.67. The van der Waals surface area contributed by atoms with Crippen molar-refractivity contribution >= 4 is 17.5 Å². The summed E-state index contributed by atoms with van der Waals surface area (Å²) in [7, 11) is 0. The minimum absolute atomic E-state index is 0.153. The van der Waals surface area contributed by atoms with Gasteiger partial charge in [-0.3, -0.25) is 4.79 Å². The maximum Gasteiger partial charge on any atom is 0.255 e. The van der Waals surface area contributed by atoms with Gasteiger partial charge in [-0.15, -0.1) is 0 Å². The Kier molecular flexibility index (Phi) is 6.23. The number of hydrogen-bond donors (Lipinski definition) is 1. The Hall–Kier alpha value is -2.92. The molecule has 4 rings (SSSR count). The van der Waals surface area contributed by atoms with E-state index in [0.717, 1.165) is 11.1 Å². The summed E-state index contributed by atoms with van der Waals surface area (Å²) in [5, 5.41) is 2.81. The summed E-state index contributed by atoms with van der Waals surface area (Å²) in [6, 6.07) is 14.8. The molecule has 4 nitrogen and oxygen atoms in total. The van der Waals surface area contributed by atoms with E-state index in [1.165, 1.54) is 30.7 Å². The highest BCUT2D eigenvalue weighted by Gasteiger charge is 2.24. The molecule has 1 amide bonds. The first-order chi connectivity index (χ1) is 14.9. The van der Waals surface area contributed by atoms with Gasteiger partial charge in [-0.05, 0) is 67.5 Å². The van der Waals surface area contributed by atoms with E-state index in [1.807, 2.05) is 44.2 Å². The number of carbonyl (C=O) groups excluding carboxylic acids is 1. The number of rotatable bonds is 7. The highest BCUT2D eigenvalue weighted by molar-refractivity contribution is 6.29.